The van der Waals surface area contributed by atoms with Crippen molar-refractivity contribution in [1.29, 1.82) is 0 Å². The van der Waals surface area contributed by atoms with Crippen LogP contribution in [0, 0.1) is 11.6 Å². The van der Waals surface area contributed by atoms with Gasteiger partial charge in [-0.1, -0.05) is 0 Å². The summed E-state index contributed by atoms with van der Waals surface area (Å²) in [5, 5.41) is 5.91. The molecule has 1 aromatic carbocycles. The van der Waals surface area contributed by atoms with Crippen molar-refractivity contribution in [2.45, 2.75) is 25.3 Å². The number of hydrogen-bond donors (Lipinski definition) is 2. The van der Waals surface area contributed by atoms with E-state index in [0.29, 0.717) is 12.6 Å². The summed E-state index contributed by atoms with van der Waals surface area (Å²) in [5.74, 6) is -1.88. The van der Waals surface area contributed by atoms with Crippen LogP contribution >= 0.6 is 0 Å². The largest absolute Gasteiger partial charge is 0.352 e. The molecule has 0 radical (unpaired) electrons. The van der Waals surface area contributed by atoms with Crippen LogP contribution in [-0.4, -0.2) is 25.0 Å². The maximum atomic E-state index is 13.3. The van der Waals surface area contributed by atoms with E-state index >= 15 is 0 Å². The summed E-state index contributed by atoms with van der Waals surface area (Å²) in [6, 6.07) is 3.29. The SMILES string of the molecule is O=C(NCC[C@@H]1CCCN1)c1cc(F)ccc1F. The van der Waals surface area contributed by atoms with Crippen LogP contribution in [0.4, 0.5) is 8.78 Å². The van der Waals surface area contributed by atoms with Gasteiger partial charge in [0.1, 0.15) is 11.6 Å². The third-order valence-electron chi connectivity index (χ3n) is 3.11. The molecule has 2 rings (SSSR count). The minimum Gasteiger partial charge on any atom is -0.352 e. The Morgan fingerprint density at radius 2 is 2.28 bits per heavy atom. The molecule has 1 saturated heterocycles. The van der Waals surface area contributed by atoms with Gasteiger partial charge in [0.05, 0.1) is 5.56 Å². The highest BCUT2D eigenvalue weighted by Gasteiger charge is 2.15. The summed E-state index contributed by atoms with van der Waals surface area (Å²) in [6.45, 7) is 1.48. The number of nitrogens with one attached hydrogen (secondary N) is 2. The lowest BCUT2D eigenvalue weighted by Crippen LogP contribution is -2.31. The van der Waals surface area contributed by atoms with Crippen molar-refractivity contribution in [3.05, 3.63) is 35.4 Å². The Morgan fingerprint density at radius 1 is 1.44 bits per heavy atom. The molecule has 2 N–H and O–H groups in total. The van der Waals surface area contributed by atoms with E-state index < -0.39 is 17.5 Å². The van der Waals surface area contributed by atoms with Gasteiger partial charge in [0, 0.05) is 12.6 Å². The fourth-order valence-corrected chi connectivity index (χ4v) is 2.13. The molecule has 98 valence electrons. The van der Waals surface area contributed by atoms with Crippen molar-refractivity contribution in [3.8, 4) is 0 Å². The van der Waals surface area contributed by atoms with Crippen LogP contribution in [0.15, 0.2) is 18.2 Å². The van der Waals surface area contributed by atoms with E-state index in [4.69, 9.17) is 0 Å². The van der Waals surface area contributed by atoms with Gasteiger partial charge in [-0.2, -0.15) is 0 Å². The smallest absolute Gasteiger partial charge is 0.254 e. The average molecular weight is 254 g/mol. The zero-order chi connectivity index (χ0) is 13.0. The molecule has 0 aliphatic carbocycles. The quantitative estimate of drug-likeness (QED) is 0.860. The highest BCUT2D eigenvalue weighted by Crippen LogP contribution is 2.10. The van der Waals surface area contributed by atoms with Gasteiger partial charge in [0.15, 0.2) is 0 Å². The minimum atomic E-state index is -0.701. The van der Waals surface area contributed by atoms with Crippen molar-refractivity contribution in [3.63, 3.8) is 0 Å². The van der Waals surface area contributed by atoms with Gasteiger partial charge < -0.3 is 10.6 Å². The van der Waals surface area contributed by atoms with Gasteiger partial charge in [-0.3, -0.25) is 4.79 Å². The molecule has 1 aromatic rings. The van der Waals surface area contributed by atoms with Gasteiger partial charge in [-0.15, -0.1) is 0 Å². The Kier molecular flexibility index (Phi) is 4.25. The molecule has 18 heavy (non-hydrogen) atoms. The molecule has 1 fully saturated rings. The second kappa shape index (κ2) is 5.91. The number of benzene rings is 1. The number of halogens is 2. The average Bonchev–Trinajstić information content (AvgIpc) is 2.85. The van der Waals surface area contributed by atoms with Crippen LogP contribution in [0.1, 0.15) is 29.6 Å². The topological polar surface area (TPSA) is 41.1 Å². The number of carbonyl (C=O) groups excluding carboxylic acids is 1. The van der Waals surface area contributed by atoms with E-state index in [-0.39, 0.29) is 5.56 Å². The molecule has 0 saturated carbocycles. The van der Waals surface area contributed by atoms with E-state index in [9.17, 15) is 13.6 Å². The molecule has 0 spiro atoms. The normalized spacial score (nSPS) is 18.9. The number of amides is 1. The van der Waals surface area contributed by atoms with E-state index in [1.165, 1.54) is 0 Å². The molecule has 1 aliphatic rings. The van der Waals surface area contributed by atoms with E-state index in [1.54, 1.807) is 0 Å². The summed E-state index contributed by atoms with van der Waals surface area (Å²) in [5.41, 5.74) is -0.241. The summed E-state index contributed by atoms with van der Waals surface area (Å²) >= 11 is 0. The Bertz CT molecular complexity index is 431. The molecule has 0 unspecified atom stereocenters. The maximum Gasteiger partial charge on any atom is 0.254 e. The predicted molar refractivity (Wildman–Crippen MR) is 64.3 cm³/mol. The summed E-state index contributed by atoms with van der Waals surface area (Å²) < 4.78 is 26.2. The lowest BCUT2D eigenvalue weighted by atomic mass is 10.1. The summed E-state index contributed by atoms with van der Waals surface area (Å²) in [4.78, 5) is 11.7. The number of hydrogen-bond acceptors (Lipinski definition) is 2. The molecule has 1 aliphatic heterocycles. The van der Waals surface area contributed by atoms with E-state index in [2.05, 4.69) is 10.6 Å². The molecule has 0 aromatic heterocycles. The van der Waals surface area contributed by atoms with Gasteiger partial charge in [-0.05, 0) is 44.0 Å². The fourth-order valence-electron chi connectivity index (χ4n) is 2.13. The molecule has 1 atom stereocenters. The van der Waals surface area contributed by atoms with Crippen molar-refractivity contribution in [2.75, 3.05) is 13.1 Å². The van der Waals surface area contributed by atoms with Crippen LogP contribution in [0.2, 0.25) is 0 Å². The Hall–Kier alpha value is -1.49. The van der Waals surface area contributed by atoms with Crippen molar-refractivity contribution >= 4 is 5.91 Å². The molecular formula is C13H16F2N2O. The highest BCUT2D eigenvalue weighted by molar-refractivity contribution is 5.94. The Labute approximate surface area is 105 Å². The van der Waals surface area contributed by atoms with Gasteiger partial charge in [0.2, 0.25) is 0 Å². The van der Waals surface area contributed by atoms with E-state index in [0.717, 1.165) is 44.0 Å². The molecular weight excluding hydrogens is 238 g/mol. The highest BCUT2D eigenvalue weighted by atomic mass is 19.1. The number of carbonyl (C=O) groups is 1. The van der Waals surface area contributed by atoms with Gasteiger partial charge in [-0.25, -0.2) is 8.78 Å². The second-order valence-electron chi connectivity index (χ2n) is 4.46. The lowest BCUT2D eigenvalue weighted by Gasteiger charge is -2.11. The Balaban J connectivity index is 1.85. The minimum absolute atomic E-state index is 0.241. The van der Waals surface area contributed by atoms with Crippen molar-refractivity contribution < 1.29 is 13.6 Å². The van der Waals surface area contributed by atoms with Crippen LogP contribution in [0.25, 0.3) is 0 Å². The zero-order valence-electron chi connectivity index (χ0n) is 10.0. The van der Waals surface area contributed by atoms with Crippen molar-refractivity contribution in [1.82, 2.24) is 10.6 Å². The first-order valence-corrected chi connectivity index (χ1v) is 6.13. The molecule has 1 amide bonds. The molecule has 0 bridgehead atoms. The Morgan fingerprint density at radius 3 is 3.00 bits per heavy atom. The van der Waals surface area contributed by atoms with Gasteiger partial charge >= 0.3 is 0 Å². The first-order chi connectivity index (χ1) is 8.66. The first kappa shape index (κ1) is 13.0. The molecule has 5 heteroatoms. The molecule has 1 heterocycles. The lowest BCUT2D eigenvalue weighted by molar-refractivity contribution is 0.0948. The maximum absolute atomic E-state index is 13.3. The second-order valence-corrected chi connectivity index (χ2v) is 4.46. The van der Waals surface area contributed by atoms with Crippen LogP contribution in [0.3, 0.4) is 0 Å². The standard InChI is InChI=1S/C13H16F2N2O/c14-9-3-4-12(15)11(8-9)13(18)17-7-5-10-2-1-6-16-10/h3-4,8,10,16H,1-2,5-7H2,(H,17,18)/t10-/m0/s1. The first-order valence-electron chi connectivity index (χ1n) is 6.13. The zero-order valence-corrected chi connectivity index (χ0v) is 10.0. The van der Waals surface area contributed by atoms with Crippen molar-refractivity contribution in [2.24, 2.45) is 0 Å². The van der Waals surface area contributed by atoms with Crippen LogP contribution < -0.4 is 10.6 Å². The van der Waals surface area contributed by atoms with Crippen LogP contribution in [0.5, 0.6) is 0 Å². The van der Waals surface area contributed by atoms with Gasteiger partial charge in [0.25, 0.3) is 5.91 Å². The fraction of sp³-hybridized carbons (Fsp3) is 0.462. The summed E-state index contributed by atoms with van der Waals surface area (Å²) in [6.07, 6.45) is 3.06. The third-order valence-corrected chi connectivity index (χ3v) is 3.11. The van der Waals surface area contributed by atoms with Crippen LogP contribution in [-0.2, 0) is 0 Å². The third kappa shape index (κ3) is 3.26. The molecule has 3 nitrogen and oxygen atoms in total. The monoisotopic (exact) mass is 254 g/mol. The number of rotatable bonds is 4. The summed E-state index contributed by atoms with van der Waals surface area (Å²) in [7, 11) is 0. The van der Waals surface area contributed by atoms with E-state index in [1.807, 2.05) is 0 Å². The predicted octanol–water partition coefficient (Wildman–Crippen LogP) is 1.84.